The molecule has 8 nitrogen and oxygen atoms in total. The fourth-order valence-corrected chi connectivity index (χ4v) is 4.95. The van der Waals surface area contributed by atoms with Gasteiger partial charge in [0.2, 0.25) is 0 Å². The van der Waals surface area contributed by atoms with Crippen LogP contribution in [0.5, 0.6) is 0 Å². The van der Waals surface area contributed by atoms with E-state index in [9.17, 15) is 13.9 Å². The molecule has 1 aromatic carbocycles. The van der Waals surface area contributed by atoms with Crippen LogP contribution < -0.4 is 10.2 Å². The third kappa shape index (κ3) is 3.78. The summed E-state index contributed by atoms with van der Waals surface area (Å²) in [4.78, 5) is 11.4. The predicted molar refractivity (Wildman–Crippen MR) is 129 cm³/mol. The SMILES string of the molecule is Cc1ccc(Nc2ccc3c(c2)ncn3-c2ccc(CCO)c(N3CC[C@@]4(C3)CC4(F)F)n2)nn1. The molecule has 1 spiro atoms. The monoisotopic (exact) mass is 477 g/mol. The van der Waals surface area contributed by atoms with Gasteiger partial charge in [-0.15, -0.1) is 5.10 Å². The van der Waals surface area contributed by atoms with Crippen LogP contribution in [0, 0.1) is 12.3 Å². The minimum atomic E-state index is -2.59. The van der Waals surface area contributed by atoms with E-state index in [1.54, 1.807) is 6.33 Å². The lowest BCUT2D eigenvalue weighted by Crippen LogP contribution is -2.25. The number of nitrogens with one attached hydrogen (secondary N) is 1. The van der Waals surface area contributed by atoms with E-state index in [1.807, 2.05) is 58.9 Å². The van der Waals surface area contributed by atoms with Crippen molar-refractivity contribution in [2.75, 3.05) is 29.9 Å². The zero-order chi connectivity index (χ0) is 24.2. The summed E-state index contributed by atoms with van der Waals surface area (Å²) in [6, 6.07) is 13.4. The second-order valence-electron chi connectivity index (χ2n) is 9.46. The zero-order valence-electron chi connectivity index (χ0n) is 19.2. The molecule has 0 unspecified atom stereocenters. The van der Waals surface area contributed by atoms with Gasteiger partial charge in [0.25, 0.3) is 5.92 Å². The highest BCUT2D eigenvalue weighted by Crippen LogP contribution is 2.65. The van der Waals surface area contributed by atoms with Crippen molar-refractivity contribution in [3.8, 4) is 5.82 Å². The van der Waals surface area contributed by atoms with E-state index in [4.69, 9.17) is 4.98 Å². The molecule has 2 aliphatic rings. The number of aromatic nitrogens is 5. The quantitative estimate of drug-likeness (QED) is 0.433. The Morgan fingerprint density at radius 2 is 1.97 bits per heavy atom. The summed E-state index contributed by atoms with van der Waals surface area (Å²) in [5.74, 6) is -0.635. The summed E-state index contributed by atoms with van der Waals surface area (Å²) in [7, 11) is 0. The Morgan fingerprint density at radius 1 is 1.11 bits per heavy atom. The van der Waals surface area contributed by atoms with Crippen LogP contribution in [0.15, 0.2) is 48.8 Å². The van der Waals surface area contributed by atoms with Crippen molar-refractivity contribution in [1.29, 1.82) is 0 Å². The number of aryl methyl sites for hydroxylation is 1. The van der Waals surface area contributed by atoms with Crippen LogP contribution in [0.3, 0.4) is 0 Å². The first-order chi connectivity index (χ1) is 16.9. The Hall–Kier alpha value is -3.66. The number of aliphatic hydroxyl groups excluding tert-OH is 1. The predicted octanol–water partition coefficient (Wildman–Crippen LogP) is 4.03. The molecule has 4 aromatic rings. The fourth-order valence-electron chi connectivity index (χ4n) is 4.95. The third-order valence-corrected chi connectivity index (χ3v) is 7.05. The number of anilines is 3. The van der Waals surface area contributed by atoms with Gasteiger partial charge in [0.15, 0.2) is 5.82 Å². The number of rotatable bonds is 6. The van der Waals surface area contributed by atoms with Crippen LogP contribution in [0.25, 0.3) is 16.9 Å². The lowest BCUT2D eigenvalue weighted by atomic mass is 10.1. The molecule has 1 aliphatic carbocycles. The van der Waals surface area contributed by atoms with Crippen LogP contribution in [0.1, 0.15) is 24.1 Å². The highest BCUT2D eigenvalue weighted by molar-refractivity contribution is 5.82. The Balaban J connectivity index is 1.31. The van der Waals surface area contributed by atoms with E-state index in [2.05, 4.69) is 20.5 Å². The summed E-state index contributed by atoms with van der Waals surface area (Å²) in [5.41, 5.74) is 3.25. The molecule has 0 radical (unpaired) electrons. The molecule has 1 saturated carbocycles. The third-order valence-electron chi connectivity index (χ3n) is 7.05. The second kappa shape index (κ2) is 7.94. The minimum Gasteiger partial charge on any atom is -0.396 e. The Labute approximate surface area is 200 Å². The van der Waals surface area contributed by atoms with Crippen molar-refractivity contribution < 1.29 is 13.9 Å². The maximum absolute atomic E-state index is 14.0. The van der Waals surface area contributed by atoms with Gasteiger partial charge in [-0.2, -0.15) is 5.10 Å². The van der Waals surface area contributed by atoms with Gasteiger partial charge >= 0.3 is 0 Å². The molecular formula is C25H25F2N7O. The van der Waals surface area contributed by atoms with Crippen LogP contribution >= 0.6 is 0 Å². The van der Waals surface area contributed by atoms with Gasteiger partial charge in [-0.25, -0.2) is 18.7 Å². The number of hydrogen-bond donors (Lipinski definition) is 2. The highest BCUT2D eigenvalue weighted by atomic mass is 19.3. The maximum Gasteiger partial charge on any atom is 0.256 e. The number of pyridine rings is 1. The Kier molecular flexibility index (Phi) is 4.96. The van der Waals surface area contributed by atoms with Gasteiger partial charge < -0.3 is 15.3 Å². The number of aliphatic hydroxyl groups is 1. The molecule has 1 atom stereocenters. The van der Waals surface area contributed by atoms with Crippen LogP contribution in [0.2, 0.25) is 0 Å². The van der Waals surface area contributed by atoms with Gasteiger partial charge in [-0.3, -0.25) is 4.57 Å². The van der Waals surface area contributed by atoms with Gasteiger partial charge in [-0.1, -0.05) is 6.07 Å². The normalized spacial score (nSPS) is 20.6. The fraction of sp³-hybridized carbons (Fsp3) is 0.360. The topological polar surface area (TPSA) is 92.0 Å². The molecule has 0 bridgehead atoms. The lowest BCUT2D eigenvalue weighted by molar-refractivity contribution is 0.0711. The van der Waals surface area contributed by atoms with Gasteiger partial charge in [0.05, 0.1) is 22.1 Å². The number of nitrogens with zero attached hydrogens (tertiary/aromatic N) is 6. The lowest BCUT2D eigenvalue weighted by Gasteiger charge is -2.22. The summed E-state index contributed by atoms with van der Waals surface area (Å²) in [6.45, 7) is 2.68. The van der Waals surface area contributed by atoms with Gasteiger partial charge in [0.1, 0.15) is 18.0 Å². The average Bonchev–Trinajstić information content (AvgIpc) is 3.19. The first-order valence-electron chi connectivity index (χ1n) is 11.7. The zero-order valence-corrected chi connectivity index (χ0v) is 19.2. The summed E-state index contributed by atoms with van der Waals surface area (Å²) in [6.07, 6.45) is 2.53. The van der Waals surface area contributed by atoms with Crippen molar-refractivity contribution in [1.82, 2.24) is 24.7 Å². The first-order valence-corrected chi connectivity index (χ1v) is 11.7. The van der Waals surface area contributed by atoms with Gasteiger partial charge in [0, 0.05) is 31.8 Å². The summed E-state index contributed by atoms with van der Waals surface area (Å²) >= 11 is 0. The molecule has 35 heavy (non-hydrogen) atoms. The van der Waals surface area contributed by atoms with Crippen molar-refractivity contribution in [2.45, 2.75) is 32.1 Å². The number of hydrogen-bond acceptors (Lipinski definition) is 7. The summed E-state index contributed by atoms with van der Waals surface area (Å²) in [5, 5.41) is 21.0. The maximum atomic E-state index is 14.0. The number of fused-ring (bicyclic) bond motifs is 1. The molecule has 3 aromatic heterocycles. The molecule has 0 amide bonds. The Bertz CT molecular complexity index is 1400. The van der Waals surface area contributed by atoms with Crippen molar-refractivity contribution in [2.24, 2.45) is 5.41 Å². The average molecular weight is 478 g/mol. The van der Waals surface area contributed by atoms with Crippen LogP contribution in [-0.2, 0) is 6.42 Å². The smallest absolute Gasteiger partial charge is 0.256 e. The number of alkyl halides is 2. The van der Waals surface area contributed by atoms with E-state index in [1.165, 1.54) is 0 Å². The van der Waals surface area contributed by atoms with Gasteiger partial charge in [-0.05, 0) is 61.7 Å². The van der Waals surface area contributed by atoms with E-state index in [-0.39, 0.29) is 19.6 Å². The largest absolute Gasteiger partial charge is 0.396 e. The number of benzene rings is 1. The van der Waals surface area contributed by atoms with Crippen molar-refractivity contribution in [3.05, 3.63) is 60.0 Å². The molecule has 6 rings (SSSR count). The van der Waals surface area contributed by atoms with E-state index < -0.39 is 11.3 Å². The number of halogens is 2. The highest BCUT2D eigenvalue weighted by Gasteiger charge is 2.72. The first kappa shape index (κ1) is 21.8. The summed E-state index contributed by atoms with van der Waals surface area (Å²) < 4.78 is 29.8. The van der Waals surface area contributed by atoms with E-state index >= 15 is 0 Å². The van der Waals surface area contributed by atoms with Crippen LogP contribution in [-0.4, -0.2) is 55.5 Å². The van der Waals surface area contributed by atoms with Crippen molar-refractivity contribution in [3.63, 3.8) is 0 Å². The Morgan fingerprint density at radius 3 is 2.69 bits per heavy atom. The molecule has 10 heteroatoms. The molecule has 180 valence electrons. The van der Waals surface area contributed by atoms with E-state index in [0.29, 0.717) is 36.8 Å². The standard InChI is InChI=1S/C25H25F2N7O/c1-16-2-6-21(32-31-16)29-18-4-5-20-19(12-18)28-15-34(20)22-7-3-17(8-11-35)23(30-22)33-10-9-24(14-33)13-25(24,26)27/h2-7,12,15,35H,8-11,13-14H2,1H3,(H,29,32)/t24-/m0/s1. The van der Waals surface area contributed by atoms with Crippen molar-refractivity contribution >= 4 is 28.4 Å². The molecule has 4 heterocycles. The molecule has 2 fully saturated rings. The molecule has 1 aliphatic heterocycles. The van der Waals surface area contributed by atoms with Crippen LogP contribution in [0.4, 0.5) is 26.1 Å². The molecule has 2 N–H and O–H groups in total. The number of imidazole rings is 1. The second-order valence-corrected chi connectivity index (χ2v) is 9.46. The van der Waals surface area contributed by atoms with E-state index in [0.717, 1.165) is 28.0 Å². The molecular weight excluding hydrogens is 452 g/mol. The minimum absolute atomic E-state index is 0.0295. The molecule has 1 saturated heterocycles.